The van der Waals surface area contributed by atoms with Crippen LogP contribution in [0, 0.1) is 6.57 Å². The van der Waals surface area contributed by atoms with Crippen molar-refractivity contribution in [3.05, 3.63) is 60.2 Å². The molecule has 0 saturated carbocycles. The molecule has 3 aromatic rings. The summed E-state index contributed by atoms with van der Waals surface area (Å²) in [6, 6.07) is 6.70. The van der Waals surface area contributed by atoms with Crippen LogP contribution in [0.5, 0.6) is 5.75 Å². The van der Waals surface area contributed by atoms with Gasteiger partial charge in [0.15, 0.2) is 5.75 Å². The van der Waals surface area contributed by atoms with Crippen LogP contribution in [0.4, 0.5) is 15.3 Å². The molecule has 9 nitrogen and oxygen atoms in total. The van der Waals surface area contributed by atoms with E-state index >= 15 is 0 Å². The van der Waals surface area contributed by atoms with Crippen LogP contribution in [0.25, 0.3) is 16.0 Å². The molecule has 1 aliphatic rings. The first kappa shape index (κ1) is 20.7. The molecule has 0 radical (unpaired) electrons. The molecule has 0 spiro atoms. The van der Waals surface area contributed by atoms with E-state index in [9.17, 15) is 12.3 Å². The number of pyridine rings is 1. The highest BCUT2D eigenvalue weighted by Gasteiger charge is 2.27. The monoisotopic (exact) mass is 442 g/mol. The Morgan fingerprint density at radius 3 is 2.68 bits per heavy atom. The first-order valence-electron chi connectivity index (χ1n) is 9.54. The Hall–Kier alpha value is -3.52. The lowest BCUT2D eigenvalue weighted by molar-refractivity contribution is 0.439. The molecular weight excluding hydrogens is 423 g/mol. The predicted octanol–water partition coefficient (Wildman–Crippen LogP) is 3.40. The topological polar surface area (TPSA) is 94.6 Å². The molecule has 31 heavy (non-hydrogen) atoms. The average molecular weight is 442 g/mol. The fraction of sp³-hybridized carbons (Fsp3) is 0.300. The van der Waals surface area contributed by atoms with Crippen LogP contribution in [0.3, 0.4) is 0 Å². The standard InChI is InChI=1S/C20H19FN6O3S/c1-22-18-5-3-4-17(15-10-16(12-23-11-15)30-31(21,28)29)19(18)27-8-6-14(7-9-27)20-25-24-13-26(20)2/h3-5,10-14H,6-9H2,2H3. The Labute approximate surface area is 179 Å². The molecule has 3 heterocycles. The van der Waals surface area contributed by atoms with Crippen molar-refractivity contribution in [3.63, 3.8) is 0 Å². The second-order valence-corrected chi connectivity index (χ2v) is 8.19. The number of hydrogen-bond acceptors (Lipinski definition) is 7. The van der Waals surface area contributed by atoms with E-state index < -0.39 is 10.5 Å². The van der Waals surface area contributed by atoms with E-state index in [1.807, 2.05) is 17.7 Å². The molecular formula is C20H19FN6O3S. The van der Waals surface area contributed by atoms with Gasteiger partial charge in [0.2, 0.25) is 5.69 Å². The van der Waals surface area contributed by atoms with Gasteiger partial charge in [-0.1, -0.05) is 22.1 Å². The highest BCUT2D eigenvalue weighted by atomic mass is 32.3. The summed E-state index contributed by atoms with van der Waals surface area (Å²) in [5, 5.41) is 8.18. The second kappa shape index (κ2) is 8.31. The van der Waals surface area contributed by atoms with Gasteiger partial charge in [-0.3, -0.25) is 4.98 Å². The first-order valence-corrected chi connectivity index (χ1v) is 10.9. The molecule has 0 bridgehead atoms. The summed E-state index contributed by atoms with van der Waals surface area (Å²) in [7, 11) is -3.24. The van der Waals surface area contributed by atoms with Crippen molar-refractivity contribution < 1.29 is 16.5 Å². The lowest BCUT2D eigenvalue weighted by Crippen LogP contribution is -2.34. The zero-order valence-electron chi connectivity index (χ0n) is 16.6. The number of rotatable bonds is 5. The minimum Gasteiger partial charge on any atom is -0.380 e. The molecule has 1 fully saturated rings. The SMILES string of the molecule is [C-]#[N+]c1cccc(-c2cncc(OS(=O)(=O)F)c2)c1N1CCC(c2nncn2C)CC1. The van der Waals surface area contributed by atoms with E-state index in [0.29, 0.717) is 29.9 Å². The number of halogens is 1. The third-order valence-corrected chi connectivity index (χ3v) is 5.67. The van der Waals surface area contributed by atoms with Crippen molar-refractivity contribution in [3.8, 4) is 16.9 Å². The van der Waals surface area contributed by atoms with E-state index in [1.54, 1.807) is 18.5 Å². The summed E-state index contributed by atoms with van der Waals surface area (Å²) in [5.74, 6) is 0.987. The highest BCUT2D eigenvalue weighted by Crippen LogP contribution is 2.42. The van der Waals surface area contributed by atoms with Crippen LogP contribution in [0.15, 0.2) is 43.0 Å². The summed E-state index contributed by atoms with van der Waals surface area (Å²) >= 11 is 0. The number of piperidine rings is 1. The maximum Gasteiger partial charge on any atom is 0.488 e. The Bertz CT molecular complexity index is 1250. The van der Waals surface area contributed by atoms with Crippen LogP contribution in [-0.2, 0) is 17.6 Å². The number of aryl methyl sites for hydroxylation is 1. The predicted molar refractivity (Wildman–Crippen MR) is 112 cm³/mol. The number of nitrogens with zero attached hydrogens (tertiary/aromatic N) is 6. The minimum absolute atomic E-state index is 0.236. The maximum atomic E-state index is 12.9. The molecule has 0 aliphatic carbocycles. The van der Waals surface area contributed by atoms with Gasteiger partial charge < -0.3 is 13.7 Å². The molecule has 0 unspecified atom stereocenters. The van der Waals surface area contributed by atoms with E-state index in [-0.39, 0.29) is 11.7 Å². The third-order valence-electron chi connectivity index (χ3n) is 5.28. The maximum absolute atomic E-state index is 12.9. The Morgan fingerprint density at radius 1 is 1.26 bits per heavy atom. The normalized spacial score (nSPS) is 14.9. The average Bonchev–Trinajstić information content (AvgIpc) is 3.18. The van der Waals surface area contributed by atoms with Crippen LogP contribution in [0.2, 0.25) is 0 Å². The summed E-state index contributed by atoms with van der Waals surface area (Å²) < 4.78 is 40.9. The van der Waals surface area contributed by atoms with Crippen LogP contribution < -0.4 is 9.08 Å². The molecule has 1 aliphatic heterocycles. The Balaban J connectivity index is 1.66. The Kier molecular flexibility index (Phi) is 5.56. The number of benzene rings is 1. The molecule has 0 N–H and O–H groups in total. The van der Waals surface area contributed by atoms with Crippen molar-refractivity contribution in [2.45, 2.75) is 18.8 Å². The van der Waals surface area contributed by atoms with E-state index in [1.165, 1.54) is 12.3 Å². The fourth-order valence-corrected chi connectivity index (χ4v) is 4.26. The molecule has 2 aromatic heterocycles. The lowest BCUT2D eigenvalue weighted by atomic mass is 9.94. The van der Waals surface area contributed by atoms with Crippen molar-refractivity contribution in [1.29, 1.82) is 0 Å². The molecule has 4 rings (SSSR count). The number of anilines is 1. The molecule has 1 saturated heterocycles. The van der Waals surface area contributed by atoms with E-state index in [2.05, 4.69) is 29.1 Å². The van der Waals surface area contributed by atoms with Crippen LogP contribution in [0.1, 0.15) is 24.6 Å². The number of aromatic nitrogens is 4. The molecule has 1 aromatic carbocycles. The van der Waals surface area contributed by atoms with Crippen molar-refractivity contribution in [2.75, 3.05) is 18.0 Å². The third kappa shape index (κ3) is 4.49. The summed E-state index contributed by atoms with van der Waals surface area (Å²) in [6.07, 6.45) is 6.02. The van der Waals surface area contributed by atoms with E-state index in [4.69, 9.17) is 6.57 Å². The smallest absolute Gasteiger partial charge is 0.380 e. The van der Waals surface area contributed by atoms with Gasteiger partial charge >= 0.3 is 10.5 Å². The van der Waals surface area contributed by atoms with Gasteiger partial charge in [0.1, 0.15) is 12.2 Å². The summed E-state index contributed by atoms with van der Waals surface area (Å²) in [4.78, 5) is 9.78. The van der Waals surface area contributed by atoms with E-state index in [0.717, 1.165) is 30.6 Å². The fourth-order valence-electron chi connectivity index (χ4n) is 3.94. The quantitative estimate of drug-likeness (QED) is 0.441. The van der Waals surface area contributed by atoms with Gasteiger partial charge in [-0.2, -0.15) is 8.42 Å². The first-order chi connectivity index (χ1) is 14.9. The van der Waals surface area contributed by atoms with Crippen molar-refractivity contribution in [1.82, 2.24) is 19.7 Å². The molecule has 0 amide bonds. The largest absolute Gasteiger partial charge is 0.488 e. The summed E-state index contributed by atoms with van der Waals surface area (Å²) in [5.41, 5.74) is 2.42. The Morgan fingerprint density at radius 2 is 2.03 bits per heavy atom. The second-order valence-electron chi connectivity index (χ2n) is 7.23. The van der Waals surface area contributed by atoms with Crippen molar-refractivity contribution in [2.24, 2.45) is 7.05 Å². The molecule has 0 atom stereocenters. The molecule has 160 valence electrons. The van der Waals surface area contributed by atoms with Crippen LogP contribution in [-0.4, -0.2) is 41.3 Å². The van der Waals surface area contributed by atoms with Gasteiger partial charge in [0.25, 0.3) is 0 Å². The molecule has 11 heteroatoms. The zero-order valence-corrected chi connectivity index (χ0v) is 17.5. The number of hydrogen-bond donors (Lipinski definition) is 0. The summed E-state index contributed by atoms with van der Waals surface area (Å²) in [6.45, 7) is 9.03. The van der Waals surface area contributed by atoms with Crippen molar-refractivity contribution >= 4 is 21.9 Å². The van der Waals surface area contributed by atoms with Gasteiger partial charge in [-0.05, 0) is 24.5 Å². The van der Waals surface area contributed by atoms with Gasteiger partial charge in [0.05, 0.1) is 12.8 Å². The highest BCUT2D eigenvalue weighted by molar-refractivity contribution is 7.81. The van der Waals surface area contributed by atoms with Gasteiger partial charge in [0, 0.05) is 43.5 Å². The number of para-hydroxylation sites is 1. The minimum atomic E-state index is -5.16. The van der Waals surface area contributed by atoms with Gasteiger partial charge in [-0.15, -0.1) is 10.2 Å². The van der Waals surface area contributed by atoms with Gasteiger partial charge in [-0.25, -0.2) is 4.85 Å². The van der Waals surface area contributed by atoms with Crippen LogP contribution >= 0.6 is 0 Å². The zero-order chi connectivity index (χ0) is 22.0. The lowest BCUT2D eigenvalue weighted by Gasteiger charge is -2.35.